The molecule has 1 aromatic rings. The van der Waals surface area contributed by atoms with Gasteiger partial charge in [0.25, 0.3) is 0 Å². The molecule has 0 aliphatic rings. The van der Waals surface area contributed by atoms with Crippen molar-refractivity contribution in [2.75, 3.05) is 0 Å². The van der Waals surface area contributed by atoms with E-state index in [1.54, 1.807) is 0 Å². The van der Waals surface area contributed by atoms with Crippen molar-refractivity contribution >= 4 is 14.5 Å². The number of benzene rings is 1. The fraction of sp³-hybridized carbons (Fsp3) is 0.667. The van der Waals surface area contributed by atoms with Gasteiger partial charge in [-0.2, -0.15) is 5.30 Å². The molecule has 0 N–H and O–H groups in total. The summed E-state index contributed by atoms with van der Waals surface area (Å²) in [7, 11) is 3.91. The van der Waals surface area contributed by atoms with E-state index in [0.29, 0.717) is 0 Å². The van der Waals surface area contributed by atoms with E-state index in [-0.39, 0.29) is 35.1 Å². The maximum Gasteiger partial charge on any atom is 1.00 e. The van der Waals surface area contributed by atoms with E-state index in [9.17, 15) is 0 Å². The molecule has 0 aliphatic carbocycles. The van der Waals surface area contributed by atoms with E-state index < -0.39 is 0 Å². The van der Waals surface area contributed by atoms with Crippen molar-refractivity contribution in [3.8, 4) is 0 Å². The zero-order valence-electron chi connectivity index (χ0n) is 15.2. The van der Waals surface area contributed by atoms with Crippen molar-refractivity contribution in [3.63, 3.8) is 0 Å². The van der Waals surface area contributed by atoms with Crippen molar-refractivity contribution < 1.29 is 18.9 Å². The van der Waals surface area contributed by atoms with Crippen molar-refractivity contribution in [2.45, 2.75) is 78.6 Å². The van der Waals surface area contributed by atoms with Crippen LogP contribution in [0.4, 0.5) is 0 Å². The summed E-state index contributed by atoms with van der Waals surface area (Å²) in [5, 5.41) is 1.27. The Bertz CT molecular complexity index is 433. The maximum absolute atomic E-state index is 3.91. The summed E-state index contributed by atoms with van der Waals surface area (Å²) >= 11 is 0. The van der Waals surface area contributed by atoms with Crippen molar-refractivity contribution in [3.05, 3.63) is 28.8 Å². The van der Waals surface area contributed by atoms with E-state index in [2.05, 4.69) is 83.7 Å². The monoisotopic (exact) mass is 284 g/mol. The molecule has 1 rings (SSSR count). The van der Waals surface area contributed by atoms with Crippen molar-refractivity contribution in [1.29, 1.82) is 0 Å². The van der Waals surface area contributed by atoms with Gasteiger partial charge in [0.2, 0.25) is 0 Å². The minimum absolute atomic E-state index is 0. The van der Waals surface area contributed by atoms with Crippen molar-refractivity contribution in [2.24, 2.45) is 0 Å². The van der Waals surface area contributed by atoms with Gasteiger partial charge in [-0.15, -0.1) is 0 Å². The molecule has 2 heteroatoms. The van der Waals surface area contributed by atoms with E-state index >= 15 is 0 Å². The fourth-order valence-electron chi connectivity index (χ4n) is 2.26. The SMILES string of the molecule is CC(C)(C)c1cc(C(C)(C)C)c([PH-])c(C(C)(C)C)c1.[Li+]. The van der Waals surface area contributed by atoms with Gasteiger partial charge in [0.15, 0.2) is 0 Å². The predicted octanol–water partition coefficient (Wildman–Crippen LogP) is 2.35. The predicted molar refractivity (Wildman–Crippen MR) is 90.5 cm³/mol. The molecule has 20 heavy (non-hydrogen) atoms. The van der Waals surface area contributed by atoms with Gasteiger partial charge in [-0.1, -0.05) is 85.6 Å². The molecule has 0 amide bonds. The van der Waals surface area contributed by atoms with Crippen LogP contribution in [0.25, 0.3) is 0 Å². The molecule has 0 unspecified atom stereocenters. The first kappa shape index (κ1) is 20.2. The number of hydrogen-bond donors (Lipinski definition) is 0. The Kier molecular flexibility index (Phi) is 6.24. The van der Waals surface area contributed by atoms with E-state index in [1.807, 2.05) is 0 Å². The largest absolute Gasteiger partial charge is 1.00 e. The molecule has 0 atom stereocenters. The smallest absolute Gasteiger partial charge is 0.524 e. The average Bonchev–Trinajstić information content (AvgIpc) is 2.11. The van der Waals surface area contributed by atoms with Crippen LogP contribution < -0.4 is 24.2 Å². The summed E-state index contributed by atoms with van der Waals surface area (Å²) in [5.41, 5.74) is 4.71. The standard InChI is InChI=1S/C18H30P.Li/c1-16(2,3)12-10-13(17(4,5)6)15(19)14(11-12)18(7,8)9;/h10-11,19H,1-9H3;/q-1;+1. The minimum Gasteiger partial charge on any atom is -0.524 e. The zero-order valence-corrected chi connectivity index (χ0v) is 16.2. The molecule has 108 valence electrons. The van der Waals surface area contributed by atoms with Crippen LogP contribution >= 0.6 is 9.24 Å². The van der Waals surface area contributed by atoms with Crippen LogP contribution in [0.5, 0.6) is 0 Å². The molecule has 0 radical (unpaired) electrons. The second-order valence-corrected chi connectivity index (χ2v) is 9.20. The Morgan fingerprint density at radius 2 is 0.950 bits per heavy atom. The molecule has 0 fully saturated rings. The van der Waals surface area contributed by atoms with Gasteiger partial charge in [0.05, 0.1) is 0 Å². The Morgan fingerprint density at radius 3 is 1.15 bits per heavy atom. The topological polar surface area (TPSA) is 0 Å². The summed E-state index contributed by atoms with van der Waals surface area (Å²) in [4.78, 5) is 0. The number of rotatable bonds is 0. The van der Waals surface area contributed by atoms with Crippen LogP contribution in [0, 0.1) is 0 Å². The Hall–Kier alpha value is 0.247. The molecule has 0 heterocycles. The third-order valence-electron chi connectivity index (χ3n) is 3.62. The second-order valence-electron chi connectivity index (χ2n) is 8.70. The first-order chi connectivity index (χ1) is 8.24. The summed E-state index contributed by atoms with van der Waals surface area (Å²) in [6, 6.07) is 4.75. The average molecular weight is 284 g/mol. The Balaban J connectivity index is 0.00000361. The van der Waals surface area contributed by atoms with Gasteiger partial charge in [0.1, 0.15) is 0 Å². The van der Waals surface area contributed by atoms with Gasteiger partial charge in [-0.25, -0.2) is 0 Å². The zero-order chi connectivity index (χ0) is 15.2. The van der Waals surface area contributed by atoms with Gasteiger partial charge >= 0.3 is 18.9 Å². The molecule has 0 aromatic heterocycles. The molecule has 1 aromatic carbocycles. The molecule has 0 bridgehead atoms. The molecule has 0 spiro atoms. The van der Waals surface area contributed by atoms with Gasteiger partial charge in [-0.05, 0) is 21.8 Å². The summed E-state index contributed by atoms with van der Waals surface area (Å²) < 4.78 is 0. The molecule has 0 aliphatic heterocycles. The third-order valence-corrected chi connectivity index (χ3v) is 4.16. The number of hydrogen-bond acceptors (Lipinski definition) is 0. The quantitative estimate of drug-likeness (QED) is 0.507. The first-order valence-electron chi connectivity index (χ1n) is 7.15. The summed E-state index contributed by atoms with van der Waals surface area (Å²) in [6.45, 7) is 20.6. The molecular weight excluding hydrogens is 254 g/mol. The van der Waals surface area contributed by atoms with Crippen LogP contribution in [0.2, 0.25) is 0 Å². The third kappa shape index (κ3) is 4.63. The van der Waals surface area contributed by atoms with Crippen LogP contribution in [0.1, 0.15) is 79.0 Å². The fourth-order valence-corrected chi connectivity index (χ4v) is 3.15. The Labute approximate surface area is 140 Å². The summed E-state index contributed by atoms with van der Waals surface area (Å²) in [6.07, 6.45) is 0. The van der Waals surface area contributed by atoms with Crippen LogP contribution in [0.15, 0.2) is 12.1 Å². The van der Waals surface area contributed by atoms with Crippen LogP contribution in [0.3, 0.4) is 0 Å². The molecule has 0 saturated heterocycles. The van der Waals surface area contributed by atoms with Crippen LogP contribution in [-0.2, 0) is 16.2 Å². The van der Waals surface area contributed by atoms with Crippen molar-refractivity contribution in [1.82, 2.24) is 0 Å². The normalized spacial score (nSPS) is 13.1. The van der Waals surface area contributed by atoms with E-state index in [0.717, 1.165) is 0 Å². The minimum atomic E-state index is 0. The summed E-state index contributed by atoms with van der Waals surface area (Å²) in [5.74, 6) is 0. The van der Waals surface area contributed by atoms with Gasteiger partial charge in [0, 0.05) is 0 Å². The molecule has 0 nitrogen and oxygen atoms in total. The Morgan fingerprint density at radius 1 is 0.650 bits per heavy atom. The van der Waals surface area contributed by atoms with Gasteiger partial charge < -0.3 is 9.24 Å². The second kappa shape index (κ2) is 6.16. The first-order valence-corrected chi connectivity index (χ1v) is 7.65. The van der Waals surface area contributed by atoms with E-state index in [4.69, 9.17) is 0 Å². The van der Waals surface area contributed by atoms with Gasteiger partial charge in [-0.3, -0.25) is 0 Å². The van der Waals surface area contributed by atoms with Crippen LogP contribution in [-0.4, -0.2) is 0 Å². The molecule has 0 saturated carbocycles. The molecular formula is C18H30LiP. The van der Waals surface area contributed by atoms with E-state index in [1.165, 1.54) is 22.0 Å². The maximum atomic E-state index is 3.91.